The summed E-state index contributed by atoms with van der Waals surface area (Å²) in [6, 6.07) is 14.7. The third-order valence-electron chi connectivity index (χ3n) is 3.06. The molecule has 0 spiro atoms. The van der Waals surface area contributed by atoms with Gasteiger partial charge in [0.15, 0.2) is 0 Å². The van der Waals surface area contributed by atoms with Crippen LogP contribution in [0.25, 0.3) is 10.8 Å². The maximum Gasteiger partial charge on any atom is 0.0301 e. The van der Waals surface area contributed by atoms with Crippen LogP contribution >= 0.6 is 0 Å². The van der Waals surface area contributed by atoms with Crippen molar-refractivity contribution in [3.63, 3.8) is 0 Å². The van der Waals surface area contributed by atoms with Crippen LogP contribution in [-0.2, 0) is 0 Å². The van der Waals surface area contributed by atoms with Gasteiger partial charge in [-0.3, -0.25) is 0 Å². The van der Waals surface area contributed by atoms with Gasteiger partial charge in [0.25, 0.3) is 0 Å². The van der Waals surface area contributed by atoms with E-state index in [1.165, 1.54) is 16.3 Å². The summed E-state index contributed by atoms with van der Waals surface area (Å²) in [6.45, 7) is 0. The second-order valence-corrected chi connectivity index (χ2v) is 4.27. The average Bonchev–Trinajstić information content (AvgIpc) is 2.38. The van der Waals surface area contributed by atoms with E-state index in [1.54, 1.807) is 0 Å². The molecule has 1 heteroatoms. The molecule has 2 aromatic carbocycles. The van der Waals surface area contributed by atoms with Crippen molar-refractivity contribution in [2.75, 3.05) is 0 Å². The molecule has 0 bridgehead atoms. The summed E-state index contributed by atoms with van der Waals surface area (Å²) in [5.74, 6) is 2.66. The predicted molar refractivity (Wildman–Crippen MR) is 73.6 cm³/mol. The molecule has 0 radical (unpaired) electrons. The van der Waals surface area contributed by atoms with Crippen LogP contribution in [0.5, 0.6) is 0 Å². The number of fused-ring (bicyclic) bond motifs is 1. The van der Waals surface area contributed by atoms with Gasteiger partial charge in [0.1, 0.15) is 0 Å². The van der Waals surface area contributed by atoms with E-state index in [-0.39, 0.29) is 6.04 Å². The molecule has 0 saturated heterocycles. The summed E-state index contributed by atoms with van der Waals surface area (Å²) >= 11 is 0. The Morgan fingerprint density at radius 1 is 1.12 bits per heavy atom. The molecule has 0 saturated carbocycles. The highest BCUT2D eigenvalue weighted by atomic mass is 14.6. The van der Waals surface area contributed by atoms with Crippen molar-refractivity contribution in [2.45, 2.75) is 25.3 Å². The van der Waals surface area contributed by atoms with Crippen molar-refractivity contribution in [3.05, 3.63) is 48.0 Å². The number of rotatable bonds is 4. The molecule has 1 atom stereocenters. The summed E-state index contributed by atoms with van der Waals surface area (Å²) in [5, 5.41) is 2.50. The van der Waals surface area contributed by atoms with Crippen molar-refractivity contribution < 1.29 is 0 Å². The van der Waals surface area contributed by atoms with Crippen molar-refractivity contribution in [3.8, 4) is 12.3 Å². The Labute approximate surface area is 103 Å². The smallest absolute Gasteiger partial charge is 0.0301 e. The number of hydrogen-bond acceptors (Lipinski definition) is 1. The lowest BCUT2D eigenvalue weighted by atomic mass is 9.96. The van der Waals surface area contributed by atoms with Crippen LogP contribution in [0.4, 0.5) is 0 Å². The fraction of sp³-hybridized carbons (Fsp3) is 0.250. The molecule has 0 amide bonds. The highest BCUT2D eigenvalue weighted by Crippen LogP contribution is 2.25. The Balaban J connectivity index is 2.26. The Morgan fingerprint density at radius 2 is 1.88 bits per heavy atom. The molecular formula is C16H17N. The SMILES string of the molecule is C#CCCCC(N)c1cccc2ccccc12. The first-order valence-corrected chi connectivity index (χ1v) is 5.99. The van der Waals surface area contributed by atoms with Gasteiger partial charge in [0, 0.05) is 12.5 Å². The molecule has 86 valence electrons. The van der Waals surface area contributed by atoms with E-state index >= 15 is 0 Å². The Hall–Kier alpha value is -1.78. The third kappa shape index (κ3) is 2.67. The lowest BCUT2D eigenvalue weighted by molar-refractivity contribution is 0.625. The number of nitrogens with two attached hydrogens (primary N) is 1. The molecule has 2 rings (SSSR count). The van der Waals surface area contributed by atoms with Crippen LogP contribution in [0.15, 0.2) is 42.5 Å². The van der Waals surface area contributed by atoms with E-state index in [0.717, 1.165) is 19.3 Å². The van der Waals surface area contributed by atoms with E-state index < -0.39 is 0 Å². The standard InChI is InChI=1S/C16H17N/c1-2-3-4-12-16(17)15-11-7-9-13-8-5-6-10-14(13)15/h1,5-11,16H,3-4,12,17H2. The van der Waals surface area contributed by atoms with E-state index in [9.17, 15) is 0 Å². The maximum absolute atomic E-state index is 6.23. The quantitative estimate of drug-likeness (QED) is 0.621. The molecule has 0 aromatic heterocycles. The van der Waals surface area contributed by atoms with Gasteiger partial charge >= 0.3 is 0 Å². The van der Waals surface area contributed by atoms with E-state index in [1.807, 2.05) is 0 Å². The first-order chi connectivity index (χ1) is 8.33. The fourth-order valence-electron chi connectivity index (χ4n) is 2.15. The molecule has 0 heterocycles. The van der Waals surface area contributed by atoms with Gasteiger partial charge in [0.05, 0.1) is 0 Å². The van der Waals surface area contributed by atoms with Crippen LogP contribution < -0.4 is 5.73 Å². The zero-order chi connectivity index (χ0) is 12.1. The summed E-state index contributed by atoms with van der Waals surface area (Å²) in [4.78, 5) is 0. The lowest BCUT2D eigenvalue weighted by Crippen LogP contribution is -2.10. The first-order valence-electron chi connectivity index (χ1n) is 5.99. The predicted octanol–water partition coefficient (Wildman–Crippen LogP) is 3.64. The second kappa shape index (κ2) is 5.52. The number of unbranched alkanes of at least 4 members (excludes halogenated alkanes) is 1. The van der Waals surface area contributed by atoms with Crippen LogP contribution in [-0.4, -0.2) is 0 Å². The molecule has 0 aliphatic heterocycles. The molecule has 0 fully saturated rings. The summed E-state index contributed by atoms with van der Waals surface area (Å²) < 4.78 is 0. The van der Waals surface area contributed by atoms with Gasteiger partial charge in [0.2, 0.25) is 0 Å². The number of benzene rings is 2. The van der Waals surface area contributed by atoms with Crippen LogP contribution in [0.3, 0.4) is 0 Å². The number of terminal acetylenes is 1. The first kappa shape index (κ1) is 11.7. The minimum atomic E-state index is 0.0782. The minimum Gasteiger partial charge on any atom is -0.324 e. The molecule has 0 aliphatic rings. The van der Waals surface area contributed by atoms with Gasteiger partial charge in [-0.25, -0.2) is 0 Å². The summed E-state index contributed by atoms with van der Waals surface area (Å²) in [6.07, 6.45) is 7.99. The summed E-state index contributed by atoms with van der Waals surface area (Å²) in [7, 11) is 0. The van der Waals surface area contributed by atoms with E-state index in [0.29, 0.717) is 0 Å². The third-order valence-corrected chi connectivity index (χ3v) is 3.06. The van der Waals surface area contributed by atoms with Gasteiger partial charge in [-0.1, -0.05) is 42.5 Å². The van der Waals surface area contributed by atoms with Crippen molar-refractivity contribution in [1.82, 2.24) is 0 Å². The average molecular weight is 223 g/mol. The highest BCUT2D eigenvalue weighted by Gasteiger charge is 2.08. The van der Waals surface area contributed by atoms with Crippen molar-refractivity contribution in [2.24, 2.45) is 5.73 Å². The van der Waals surface area contributed by atoms with E-state index in [2.05, 4.69) is 48.4 Å². The maximum atomic E-state index is 6.23. The largest absolute Gasteiger partial charge is 0.324 e. The van der Waals surface area contributed by atoms with Crippen molar-refractivity contribution in [1.29, 1.82) is 0 Å². The van der Waals surface area contributed by atoms with Crippen LogP contribution in [0.1, 0.15) is 30.9 Å². The molecule has 0 aliphatic carbocycles. The Morgan fingerprint density at radius 3 is 2.71 bits per heavy atom. The molecule has 1 unspecified atom stereocenters. The van der Waals surface area contributed by atoms with Crippen LogP contribution in [0.2, 0.25) is 0 Å². The van der Waals surface area contributed by atoms with Gasteiger partial charge in [-0.2, -0.15) is 0 Å². The monoisotopic (exact) mass is 223 g/mol. The van der Waals surface area contributed by atoms with Crippen LogP contribution in [0, 0.1) is 12.3 Å². The number of hydrogen-bond donors (Lipinski definition) is 1. The fourth-order valence-corrected chi connectivity index (χ4v) is 2.15. The highest BCUT2D eigenvalue weighted by molar-refractivity contribution is 5.86. The molecular weight excluding hydrogens is 206 g/mol. The molecule has 2 aromatic rings. The molecule has 1 nitrogen and oxygen atoms in total. The van der Waals surface area contributed by atoms with Gasteiger partial charge in [-0.15, -0.1) is 12.3 Å². The van der Waals surface area contributed by atoms with Crippen molar-refractivity contribution >= 4 is 10.8 Å². The second-order valence-electron chi connectivity index (χ2n) is 4.27. The van der Waals surface area contributed by atoms with Gasteiger partial charge < -0.3 is 5.73 Å². The lowest BCUT2D eigenvalue weighted by Gasteiger charge is -2.14. The minimum absolute atomic E-state index is 0.0782. The molecule has 17 heavy (non-hydrogen) atoms. The zero-order valence-corrected chi connectivity index (χ0v) is 9.89. The van der Waals surface area contributed by atoms with E-state index in [4.69, 9.17) is 12.2 Å². The topological polar surface area (TPSA) is 26.0 Å². The normalized spacial score (nSPS) is 12.2. The zero-order valence-electron chi connectivity index (χ0n) is 9.89. The van der Waals surface area contributed by atoms with Gasteiger partial charge in [-0.05, 0) is 29.2 Å². The molecule has 2 N–H and O–H groups in total. The Bertz CT molecular complexity index is 531. The Kier molecular flexibility index (Phi) is 3.80. The summed E-state index contributed by atoms with van der Waals surface area (Å²) in [5.41, 5.74) is 7.46.